The van der Waals surface area contributed by atoms with E-state index in [0.29, 0.717) is 13.2 Å². The summed E-state index contributed by atoms with van der Waals surface area (Å²) in [7, 11) is -0.521. The molecule has 0 spiro atoms. The Labute approximate surface area is 165 Å². The average Bonchev–Trinajstić information content (AvgIpc) is 2.59. The van der Waals surface area contributed by atoms with Crippen molar-refractivity contribution < 1.29 is 18.3 Å². The van der Waals surface area contributed by atoms with Gasteiger partial charge in [-0.3, -0.25) is 4.79 Å². The van der Waals surface area contributed by atoms with Gasteiger partial charge in [-0.2, -0.15) is 0 Å². The first-order valence-electron chi connectivity index (χ1n) is 9.35. The number of ether oxygens (including phenoxy) is 1. The topological polar surface area (TPSA) is 50.4 Å². The molecule has 0 unspecified atom stereocenters. The highest BCUT2D eigenvalue weighted by Crippen LogP contribution is 2.26. The van der Waals surface area contributed by atoms with Crippen LogP contribution in [0.1, 0.15) is 22.7 Å². The number of hydrogen-bond donors (Lipinski definition) is 2. The number of nitrogens with one attached hydrogen (secondary N) is 2. The molecule has 1 amide bonds. The van der Waals surface area contributed by atoms with Crippen molar-refractivity contribution in [2.24, 2.45) is 0 Å². The predicted octanol–water partition coefficient (Wildman–Crippen LogP) is 3.48. The summed E-state index contributed by atoms with van der Waals surface area (Å²) in [4.78, 5) is 12.8. The molecule has 0 saturated heterocycles. The zero-order chi connectivity index (χ0) is 20.5. The van der Waals surface area contributed by atoms with Crippen molar-refractivity contribution in [2.75, 3.05) is 19.0 Å². The van der Waals surface area contributed by atoms with Crippen LogP contribution >= 0.6 is 0 Å². The van der Waals surface area contributed by atoms with E-state index in [-0.39, 0.29) is 16.8 Å². The highest BCUT2D eigenvalue weighted by molar-refractivity contribution is 6.88. The molecule has 0 bridgehead atoms. The molecule has 0 aromatic heterocycles. The van der Waals surface area contributed by atoms with E-state index in [9.17, 15) is 13.6 Å². The van der Waals surface area contributed by atoms with Gasteiger partial charge in [0.1, 0.15) is 17.7 Å². The van der Waals surface area contributed by atoms with Crippen LogP contribution in [-0.2, 0) is 22.6 Å². The number of anilines is 1. The number of methoxy groups -OCH3 is 1. The van der Waals surface area contributed by atoms with Crippen LogP contribution in [0, 0.1) is 11.6 Å². The Hall–Kier alpha value is -2.09. The summed E-state index contributed by atoms with van der Waals surface area (Å²) < 4.78 is 34.1. The quantitative estimate of drug-likeness (QED) is 0.750. The Morgan fingerprint density at radius 3 is 2.50 bits per heavy atom. The molecule has 1 atom stereocenters. The van der Waals surface area contributed by atoms with E-state index < -0.39 is 25.8 Å². The molecule has 7 heteroatoms. The van der Waals surface area contributed by atoms with E-state index in [0.717, 1.165) is 23.1 Å². The second-order valence-electron chi connectivity index (χ2n) is 8.16. The second kappa shape index (κ2) is 8.11. The standard InChI is InChI=1S/C21H26F2N2O2Si/c1-27-12-13-5-6-16-14(9-13)7-8-24-19(16)21(26)25-15-10-17(22)20(18(23)11-15)28(2,3)4/h5-6,9-11,19,24H,7-8,12H2,1-4H3,(H,25,26)/t19-/m1/s1. The SMILES string of the molecule is COCc1ccc2c(c1)CCN[C@H]2C(=O)Nc1cc(F)c([Si](C)(C)C)c(F)c1. The minimum absolute atomic E-state index is 0.131. The zero-order valence-corrected chi connectivity index (χ0v) is 17.7. The number of rotatable bonds is 5. The van der Waals surface area contributed by atoms with Gasteiger partial charge in [0, 0.05) is 24.5 Å². The van der Waals surface area contributed by atoms with Crippen LogP contribution in [0.3, 0.4) is 0 Å². The van der Waals surface area contributed by atoms with Gasteiger partial charge in [-0.1, -0.05) is 37.8 Å². The summed E-state index contributed by atoms with van der Waals surface area (Å²) in [5.74, 6) is -1.54. The van der Waals surface area contributed by atoms with Crippen molar-refractivity contribution in [1.29, 1.82) is 0 Å². The van der Waals surface area contributed by atoms with Gasteiger partial charge in [0.25, 0.3) is 0 Å². The lowest BCUT2D eigenvalue weighted by Crippen LogP contribution is -2.42. The van der Waals surface area contributed by atoms with Gasteiger partial charge in [-0.15, -0.1) is 0 Å². The molecule has 28 heavy (non-hydrogen) atoms. The monoisotopic (exact) mass is 404 g/mol. The molecule has 1 aliphatic rings. The molecule has 0 saturated carbocycles. The maximum absolute atomic E-state index is 14.5. The van der Waals surface area contributed by atoms with Crippen LogP contribution in [-0.4, -0.2) is 27.6 Å². The van der Waals surface area contributed by atoms with Crippen LogP contribution < -0.4 is 15.8 Å². The maximum atomic E-state index is 14.5. The van der Waals surface area contributed by atoms with Crippen molar-refractivity contribution in [3.63, 3.8) is 0 Å². The van der Waals surface area contributed by atoms with E-state index in [1.54, 1.807) is 7.11 Å². The lowest BCUT2D eigenvalue weighted by atomic mass is 9.92. The van der Waals surface area contributed by atoms with E-state index in [1.165, 1.54) is 12.1 Å². The Morgan fingerprint density at radius 1 is 1.21 bits per heavy atom. The molecular weight excluding hydrogens is 378 g/mol. The van der Waals surface area contributed by atoms with Crippen LogP contribution in [0.4, 0.5) is 14.5 Å². The molecule has 2 aromatic rings. The molecule has 0 radical (unpaired) electrons. The lowest BCUT2D eigenvalue weighted by molar-refractivity contribution is -0.118. The Balaban J connectivity index is 1.83. The fourth-order valence-corrected chi connectivity index (χ4v) is 5.26. The minimum Gasteiger partial charge on any atom is -0.380 e. The van der Waals surface area contributed by atoms with Gasteiger partial charge < -0.3 is 15.4 Å². The molecule has 2 N–H and O–H groups in total. The number of hydrogen-bond acceptors (Lipinski definition) is 3. The first-order chi connectivity index (χ1) is 13.2. The summed E-state index contributed by atoms with van der Waals surface area (Å²) in [6.07, 6.45) is 0.810. The van der Waals surface area contributed by atoms with E-state index in [4.69, 9.17) is 4.74 Å². The van der Waals surface area contributed by atoms with Gasteiger partial charge in [-0.25, -0.2) is 8.78 Å². The molecule has 2 aromatic carbocycles. The van der Waals surface area contributed by atoms with Gasteiger partial charge in [0.05, 0.1) is 14.7 Å². The van der Waals surface area contributed by atoms with E-state index in [2.05, 4.69) is 10.6 Å². The average molecular weight is 405 g/mol. The zero-order valence-electron chi connectivity index (χ0n) is 16.7. The number of amides is 1. The van der Waals surface area contributed by atoms with Gasteiger partial charge >= 0.3 is 0 Å². The predicted molar refractivity (Wildman–Crippen MR) is 110 cm³/mol. The van der Waals surface area contributed by atoms with Crippen molar-refractivity contribution in [3.05, 3.63) is 58.7 Å². The number of halogens is 2. The summed E-state index contributed by atoms with van der Waals surface area (Å²) in [5.41, 5.74) is 3.14. The number of carbonyl (C=O) groups is 1. The first-order valence-corrected chi connectivity index (χ1v) is 12.8. The normalized spacial score (nSPS) is 16.6. The highest BCUT2D eigenvalue weighted by Gasteiger charge is 2.28. The largest absolute Gasteiger partial charge is 0.380 e. The molecule has 150 valence electrons. The first kappa shape index (κ1) is 20.6. The summed E-state index contributed by atoms with van der Waals surface area (Å²) in [6, 6.07) is 7.73. The second-order valence-corrected chi connectivity index (χ2v) is 13.2. The summed E-state index contributed by atoms with van der Waals surface area (Å²) in [6.45, 7) is 6.81. The number of fused-ring (bicyclic) bond motifs is 1. The maximum Gasteiger partial charge on any atom is 0.246 e. The fourth-order valence-electron chi connectivity index (χ4n) is 3.68. The Morgan fingerprint density at radius 2 is 1.89 bits per heavy atom. The summed E-state index contributed by atoms with van der Waals surface area (Å²) >= 11 is 0. The third kappa shape index (κ3) is 4.32. The summed E-state index contributed by atoms with van der Waals surface area (Å²) in [5, 5.41) is 6.00. The molecule has 4 nitrogen and oxygen atoms in total. The molecule has 0 aliphatic carbocycles. The number of benzene rings is 2. The van der Waals surface area contributed by atoms with Crippen molar-refractivity contribution in [3.8, 4) is 0 Å². The minimum atomic E-state index is -2.16. The van der Waals surface area contributed by atoms with E-state index >= 15 is 0 Å². The smallest absolute Gasteiger partial charge is 0.246 e. The molecule has 1 aliphatic heterocycles. The van der Waals surface area contributed by atoms with Crippen LogP contribution in [0.15, 0.2) is 30.3 Å². The van der Waals surface area contributed by atoms with Crippen molar-refractivity contribution in [1.82, 2.24) is 5.32 Å². The van der Waals surface area contributed by atoms with Crippen LogP contribution in [0.2, 0.25) is 19.6 Å². The van der Waals surface area contributed by atoms with Crippen LogP contribution in [0.5, 0.6) is 0 Å². The van der Waals surface area contributed by atoms with E-state index in [1.807, 2.05) is 37.8 Å². The van der Waals surface area contributed by atoms with Gasteiger partial charge in [0.2, 0.25) is 5.91 Å². The van der Waals surface area contributed by atoms with Crippen molar-refractivity contribution in [2.45, 2.75) is 38.7 Å². The van der Waals surface area contributed by atoms with Crippen LogP contribution in [0.25, 0.3) is 0 Å². The Kier molecular flexibility index (Phi) is 5.97. The molecular formula is C21H26F2N2O2Si. The number of carbonyl (C=O) groups excluding carboxylic acids is 1. The fraction of sp³-hybridized carbons (Fsp3) is 0.381. The third-order valence-electron chi connectivity index (χ3n) is 4.89. The van der Waals surface area contributed by atoms with Gasteiger partial charge in [-0.05, 0) is 35.2 Å². The molecule has 3 rings (SSSR count). The van der Waals surface area contributed by atoms with Gasteiger partial charge in [0.15, 0.2) is 0 Å². The Bertz CT molecular complexity index is 873. The lowest BCUT2D eigenvalue weighted by Gasteiger charge is -2.27. The van der Waals surface area contributed by atoms with Crippen molar-refractivity contribution >= 4 is 24.9 Å². The highest BCUT2D eigenvalue weighted by atomic mass is 28.3. The molecule has 1 heterocycles. The molecule has 0 fully saturated rings. The third-order valence-corrected chi connectivity index (χ3v) is 6.87.